The molecule has 22 heteroatoms. The highest BCUT2D eigenvalue weighted by Crippen LogP contribution is 2.52. The minimum atomic E-state index is -5.67. The van der Waals surface area contributed by atoms with Gasteiger partial charge in [-0.05, 0) is 0 Å². The number of rotatable bonds is 8. The predicted octanol–water partition coefficient (Wildman–Crippen LogP) is -3.37. The van der Waals surface area contributed by atoms with E-state index >= 15 is 0 Å². The van der Waals surface area contributed by atoms with Gasteiger partial charge in [-0.1, -0.05) is 0 Å². The molecule has 0 heterocycles. The molecular formula is C6H16O18P4. The van der Waals surface area contributed by atoms with Crippen molar-refractivity contribution in [3.05, 3.63) is 0 Å². The lowest BCUT2D eigenvalue weighted by atomic mass is 9.85. The molecule has 0 aromatic carbocycles. The first-order valence-corrected chi connectivity index (χ1v) is 12.6. The molecule has 1 aliphatic rings. The Morgan fingerprint density at radius 2 is 0.607 bits per heavy atom. The minimum Gasteiger partial charge on any atom is -0.387 e. The Bertz CT molecular complexity index is 664. The molecule has 0 bridgehead atoms. The third-order valence-corrected chi connectivity index (χ3v) is 5.10. The van der Waals surface area contributed by atoms with Crippen molar-refractivity contribution in [3.63, 3.8) is 0 Å². The van der Waals surface area contributed by atoms with Crippen molar-refractivity contribution in [2.45, 2.75) is 36.6 Å². The molecule has 10 N–H and O–H groups in total. The van der Waals surface area contributed by atoms with E-state index in [1.54, 1.807) is 0 Å². The molecule has 0 saturated heterocycles. The van der Waals surface area contributed by atoms with Crippen molar-refractivity contribution in [2.75, 3.05) is 0 Å². The normalized spacial score (nSPS) is 33.1. The summed E-state index contributed by atoms with van der Waals surface area (Å²) in [7, 11) is -22.5. The summed E-state index contributed by atoms with van der Waals surface area (Å²) >= 11 is 0. The highest BCUT2D eigenvalue weighted by molar-refractivity contribution is 7.47. The Morgan fingerprint density at radius 1 is 0.429 bits per heavy atom. The Hall–Kier alpha value is 0.360. The summed E-state index contributed by atoms with van der Waals surface area (Å²) in [5.74, 6) is 0. The van der Waals surface area contributed by atoms with Gasteiger partial charge in [0.15, 0.2) is 0 Å². The van der Waals surface area contributed by atoms with E-state index < -0.39 is 67.9 Å². The summed E-state index contributed by atoms with van der Waals surface area (Å²) < 4.78 is 60.6. The van der Waals surface area contributed by atoms with Crippen LogP contribution in [0.5, 0.6) is 0 Å². The van der Waals surface area contributed by atoms with Crippen LogP contribution in [0.25, 0.3) is 0 Å². The fraction of sp³-hybridized carbons (Fsp3) is 1.00. The Morgan fingerprint density at radius 3 is 0.786 bits per heavy atom. The van der Waals surface area contributed by atoms with Crippen LogP contribution in [0.4, 0.5) is 0 Å². The number of hydrogen-bond acceptors (Lipinski definition) is 10. The van der Waals surface area contributed by atoms with E-state index in [1.807, 2.05) is 0 Å². The molecule has 1 aliphatic carbocycles. The molecule has 1 rings (SSSR count). The van der Waals surface area contributed by atoms with Crippen LogP contribution in [0.1, 0.15) is 0 Å². The van der Waals surface area contributed by atoms with Gasteiger partial charge in [-0.2, -0.15) is 0 Å². The van der Waals surface area contributed by atoms with Gasteiger partial charge >= 0.3 is 31.3 Å². The second-order valence-corrected chi connectivity index (χ2v) is 9.99. The average Bonchev–Trinajstić information content (AvgIpc) is 2.39. The number of phosphoric ester groups is 4. The lowest BCUT2D eigenvalue weighted by Crippen LogP contribution is -2.65. The van der Waals surface area contributed by atoms with Crippen LogP contribution in [0.15, 0.2) is 0 Å². The molecule has 0 aromatic heterocycles. The lowest BCUT2D eigenvalue weighted by Gasteiger charge is -2.45. The number of aliphatic hydroxyl groups excluding tert-OH is 2. The summed E-state index contributed by atoms with van der Waals surface area (Å²) in [6, 6.07) is 0. The van der Waals surface area contributed by atoms with E-state index in [-0.39, 0.29) is 0 Å². The minimum absolute atomic E-state index is 2.60. The summed E-state index contributed by atoms with van der Waals surface area (Å²) in [5.41, 5.74) is 0. The Labute approximate surface area is 154 Å². The second-order valence-electron chi connectivity index (χ2n) is 5.22. The van der Waals surface area contributed by atoms with Gasteiger partial charge in [0.25, 0.3) is 0 Å². The quantitative estimate of drug-likeness (QED) is 0.145. The monoisotopic (exact) mass is 500 g/mol. The van der Waals surface area contributed by atoms with Gasteiger partial charge in [-0.15, -0.1) is 0 Å². The van der Waals surface area contributed by atoms with E-state index in [0.717, 1.165) is 0 Å². The molecule has 0 amide bonds. The van der Waals surface area contributed by atoms with Crippen molar-refractivity contribution in [2.24, 2.45) is 0 Å². The molecular weight excluding hydrogens is 484 g/mol. The zero-order valence-electron chi connectivity index (χ0n) is 13.0. The summed E-state index contributed by atoms with van der Waals surface area (Å²) in [4.78, 5) is 71.1. The van der Waals surface area contributed by atoms with Crippen LogP contribution in [0.2, 0.25) is 0 Å². The fourth-order valence-corrected chi connectivity index (χ4v) is 4.51. The molecule has 168 valence electrons. The predicted molar refractivity (Wildman–Crippen MR) is 79.7 cm³/mol. The Balaban J connectivity index is 3.53. The van der Waals surface area contributed by atoms with Crippen molar-refractivity contribution in [1.82, 2.24) is 0 Å². The maximum Gasteiger partial charge on any atom is 0.470 e. The smallest absolute Gasteiger partial charge is 0.387 e. The van der Waals surface area contributed by atoms with Gasteiger partial charge in [-0.3, -0.25) is 18.1 Å². The topological polar surface area (TPSA) is 308 Å². The maximum atomic E-state index is 11.1. The largest absolute Gasteiger partial charge is 0.470 e. The summed E-state index contributed by atoms with van der Waals surface area (Å²) in [5, 5.41) is 19.8. The highest BCUT2D eigenvalue weighted by atomic mass is 31.2. The molecule has 18 nitrogen and oxygen atoms in total. The number of aliphatic hydroxyl groups is 2. The molecule has 1 fully saturated rings. The van der Waals surface area contributed by atoms with Crippen molar-refractivity contribution in [1.29, 1.82) is 0 Å². The molecule has 0 aromatic rings. The van der Waals surface area contributed by atoms with Crippen LogP contribution in [-0.2, 0) is 36.4 Å². The van der Waals surface area contributed by atoms with Gasteiger partial charge in [0.2, 0.25) is 0 Å². The first-order valence-electron chi connectivity index (χ1n) is 6.52. The van der Waals surface area contributed by atoms with Crippen LogP contribution in [0.3, 0.4) is 0 Å². The molecule has 28 heavy (non-hydrogen) atoms. The summed E-state index contributed by atoms with van der Waals surface area (Å²) in [6.45, 7) is 0. The van der Waals surface area contributed by atoms with E-state index in [2.05, 4.69) is 18.1 Å². The highest BCUT2D eigenvalue weighted by Gasteiger charge is 2.58. The van der Waals surface area contributed by atoms with Gasteiger partial charge < -0.3 is 49.4 Å². The van der Waals surface area contributed by atoms with E-state index in [0.29, 0.717) is 0 Å². The zero-order valence-corrected chi connectivity index (χ0v) is 16.6. The van der Waals surface area contributed by atoms with Crippen molar-refractivity contribution >= 4 is 31.3 Å². The molecule has 0 radical (unpaired) electrons. The fourth-order valence-electron chi connectivity index (χ4n) is 2.27. The molecule has 0 spiro atoms. The van der Waals surface area contributed by atoms with Gasteiger partial charge in [0.1, 0.15) is 36.6 Å². The number of phosphoric acid groups is 4. The summed E-state index contributed by atoms with van der Waals surface area (Å²) in [6.07, 6.45) is -15.9. The standard InChI is InChI=1S/C6H16O18P4/c7-1-2(8)4(22-26(12,13)14)6(24-28(18,19)20)5(23-27(15,16)17)3(1)21-25(9,10)11/h1-8H,(H2,9,10,11)(H2,12,13,14)(H2,15,16,17)(H2,18,19,20)/t1-,2-,3-,4+,5-,6-/m0/s1. The first kappa shape index (κ1) is 26.4. The van der Waals surface area contributed by atoms with Crippen LogP contribution >= 0.6 is 31.3 Å². The van der Waals surface area contributed by atoms with E-state index in [4.69, 9.17) is 39.1 Å². The third kappa shape index (κ3) is 8.62. The van der Waals surface area contributed by atoms with Crippen LogP contribution < -0.4 is 0 Å². The van der Waals surface area contributed by atoms with Crippen molar-refractivity contribution in [3.8, 4) is 0 Å². The Kier molecular flexibility index (Phi) is 8.34. The van der Waals surface area contributed by atoms with Gasteiger partial charge in [0.05, 0.1) is 0 Å². The molecule has 6 atom stereocenters. The van der Waals surface area contributed by atoms with Crippen molar-refractivity contribution < 1.29 is 85.7 Å². The lowest BCUT2D eigenvalue weighted by molar-refractivity contribution is -0.209. The number of hydrogen-bond donors (Lipinski definition) is 10. The van der Waals surface area contributed by atoms with E-state index in [1.165, 1.54) is 0 Å². The van der Waals surface area contributed by atoms with Gasteiger partial charge in [-0.25, -0.2) is 18.3 Å². The SMILES string of the molecule is O=P(O)(O)O[C@@H]1[C@@H](OP(=O)(O)O)[C@@H](OP(=O)(O)O)[C@@H](O)[C@H](O)[C@H]1OP(=O)(O)O. The van der Waals surface area contributed by atoms with E-state index in [9.17, 15) is 28.5 Å². The molecule has 0 aliphatic heterocycles. The third-order valence-electron chi connectivity index (χ3n) is 3.03. The van der Waals surface area contributed by atoms with Crippen LogP contribution in [0, 0.1) is 0 Å². The average molecular weight is 500 g/mol. The maximum absolute atomic E-state index is 11.1. The molecule has 0 unspecified atom stereocenters. The zero-order chi connectivity index (χ0) is 22.3. The second kappa shape index (κ2) is 8.85. The van der Waals surface area contributed by atoms with Crippen LogP contribution in [-0.4, -0.2) is 86.0 Å². The van der Waals surface area contributed by atoms with Gasteiger partial charge in [0, 0.05) is 0 Å². The first-order chi connectivity index (χ1) is 12.2. The molecule has 1 saturated carbocycles.